The molecule has 134 valence electrons. The average molecular weight is 393 g/mol. The van der Waals surface area contributed by atoms with Gasteiger partial charge in [-0.25, -0.2) is 4.98 Å². The van der Waals surface area contributed by atoms with E-state index in [0.29, 0.717) is 26.9 Å². The molecule has 0 aliphatic rings. The van der Waals surface area contributed by atoms with Crippen molar-refractivity contribution in [2.24, 2.45) is 0 Å². The second-order valence-electron chi connectivity index (χ2n) is 5.97. The molecule has 6 heteroatoms. The Bertz CT molecular complexity index is 1170. The molecule has 0 aliphatic carbocycles. The van der Waals surface area contributed by atoms with Crippen molar-refractivity contribution in [3.8, 4) is 10.7 Å². The Morgan fingerprint density at radius 1 is 0.852 bits per heavy atom. The number of fused-ring (bicyclic) bond motifs is 1. The largest absolute Gasteiger partial charge is 0.279 e. The standard InChI is InChI=1S/C21H16N2O2S2/c24-20-16-9-4-5-11-18(16)26-21(23-20)17-10-6-12-19(22-17)27(25)14-13-15-7-2-1-3-8-15/h1-12H,13-14H2. The third-order valence-electron chi connectivity index (χ3n) is 4.12. The summed E-state index contributed by atoms with van der Waals surface area (Å²) in [6.07, 6.45) is 0.723. The number of rotatable bonds is 5. The lowest BCUT2D eigenvalue weighted by Gasteiger charge is -2.05. The molecule has 4 nitrogen and oxygen atoms in total. The van der Waals surface area contributed by atoms with Crippen LogP contribution in [0.4, 0.5) is 0 Å². The highest BCUT2D eigenvalue weighted by molar-refractivity contribution is 7.84. The van der Waals surface area contributed by atoms with Crippen molar-refractivity contribution in [1.82, 2.24) is 9.97 Å². The van der Waals surface area contributed by atoms with Gasteiger partial charge in [-0.15, -0.1) is 11.3 Å². The van der Waals surface area contributed by atoms with Crippen LogP contribution < -0.4 is 5.56 Å². The second kappa shape index (κ2) is 7.90. The molecule has 0 bridgehead atoms. The Kier molecular flexibility index (Phi) is 5.18. The predicted molar refractivity (Wildman–Crippen MR) is 111 cm³/mol. The maximum Gasteiger partial charge on any atom is 0.279 e. The Hall–Kier alpha value is -2.70. The summed E-state index contributed by atoms with van der Waals surface area (Å²) in [5.41, 5.74) is 1.46. The highest BCUT2D eigenvalue weighted by Gasteiger charge is 2.11. The number of benzene rings is 2. The fraction of sp³-hybridized carbons (Fsp3) is 0.0952. The first-order chi connectivity index (χ1) is 13.2. The second-order valence-corrected chi connectivity index (χ2v) is 8.51. The van der Waals surface area contributed by atoms with Gasteiger partial charge in [0.15, 0.2) is 0 Å². The molecule has 0 aliphatic heterocycles. The van der Waals surface area contributed by atoms with Crippen LogP contribution in [-0.2, 0) is 17.2 Å². The molecule has 0 spiro atoms. The third kappa shape index (κ3) is 4.02. The van der Waals surface area contributed by atoms with Crippen LogP contribution in [-0.4, -0.2) is 19.9 Å². The van der Waals surface area contributed by atoms with Crippen LogP contribution >= 0.6 is 11.3 Å². The smallest absolute Gasteiger partial charge is 0.267 e. The Morgan fingerprint density at radius 3 is 2.48 bits per heavy atom. The summed E-state index contributed by atoms with van der Waals surface area (Å²) in [5.74, 6) is 0.502. The van der Waals surface area contributed by atoms with Crippen molar-refractivity contribution >= 4 is 32.2 Å². The molecule has 0 N–H and O–H groups in total. The van der Waals surface area contributed by atoms with E-state index >= 15 is 0 Å². The van der Waals surface area contributed by atoms with Gasteiger partial charge in [0.05, 0.1) is 16.2 Å². The number of hydrogen-bond acceptors (Lipinski definition) is 5. The normalized spacial score (nSPS) is 12.1. The van der Waals surface area contributed by atoms with Gasteiger partial charge in [0.1, 0.15) is 15.7 Å². The van der Waals surface area contributed by atoms with E-state index in [1.54, 1.807) is 18.2 Å². The van der Waals surface area contributed by atoms with Gasteiger partial charge in [0.25, 0.3) is 5.56 Å². The van der Waals surface area contributed by atoms with E-state index in [1.807, 2.05) is 54.6 Å². The highest BCUT2D eigenvalue weighted by atomic mass is 32.2. The summed E-state index contributed by atoms with van der Waals surface area (Å²) in [4.78, 5) is 20.9. The summed E-state index contributed by atoms with van der Waals surface area (Å²) in [6.45, 7) is 0. The van der Waals surface area contributed by atoms with Crippen molar-refractivity contribution < 1.29 is 4.21 Å². The first-order valence-electron chi connectivity index (χ1n) is 8.50. The topological polar surface area (TPSA) is 59.9 Å². The van der Waals surface area contributed by atoms with Gasteiger partial charge >= 0.3 is 0 Å². The van der Waals surface area contributed by atoms with Crippen LogP contribution in [0.15, 0.2) is 82.6 Å². The van der Waals surface area contributed by atoms with E-state index in [1.165, 1.54) is 11.3 Å². The molecule has 0 radical (unpaired) electrons. The minimum atomic E-state index is -1.21. The molecular formula is C21H16N2O2S2. The summed E-state index contributed by atoms with van der Waals surface area (Å²) in [5, 5.41) is 1.66. The molecule has 2 aromatic carbocycles. The van der Waals surface area contributed by atoms with Crippen LogP contribution in [0.3, 0.4) is 0 Å². The van der Waals surface area contributed by atoms with Crippen molar-refractivity contribution in [1.29, 1.82) is 0 Å². The lowest BCUT2D eigenvalue weighted by atomic mass is 10.2. The summed E-state index contributed by atoms with van der Waals surface area (Å²) in [7, 11) is -1.21. The molecule has 0 saturated heterocycles. The van der Waals surface area contributed by atoms with Crippen LogP contribution in [0.5, 0.6) is 0 Å². The van der Waals surface area contributed by atoms with E-state index in [0.717, 1.165) is 16.7 Å². The molecule has 1 unspecified atom stereocenters. The zero-order valence-corrected chi connectivity index (χ0v) is 16.0. The molecule has 2 aromatic heterocycles. The van der Waals surface area contributed by atoms with E-state index in [9.17, 15) is 9.00 Å². The summed E-state index contributed by atoms with van der Waals surface area (Å²) < 4.78 is 13.5. The first-order valence-corrected chi connectivity index (χ1v) is 10.6. The average Bonchev–Trinajstić information content (AvgIpc) is 2.73. The quantitative estimate of drug-likeness (QED) is 0.514. The fourth-order valence-electron chi connectivity index (χ4n) is 2.74. The first kappa shape index (κ1) is 17.7. The summed E-state index contributed by atoms with van der Waals surface area (Å²) in [6, 6.07) is 22.7. The van der Waals surface area contributed by atoms with Crippen LogP contribution in [0.2, 0.25) is 0 Å². The monoisotopic (exact) mass is 392 g/mol. The maximum atomic E-state index is 12.7. The molecule has 4 aromatic rings. The number of nitrogens with zero attached hydrogens (tertiary/aromatic N) is 2. The molecule has 0 saturated carbocycles. The highest BCUT2D eigenvalue weighted by Crippen LogP contribution is 2.25. The maximum absolute atomic E-state index is 12.7. The van der Waals surface area contributed by atoms with Crippen LogP contribution in [0.25, 0.3) is 20.8 Å². The molecule has 0 fully saturated rings. The Balaban J connectivity index is 1.61. The van der Waals surface area contributed by atoms with Crippen LogP contribution in [0, 0.1) is 0 Å². The van der Waals surface area contributed by atoms with E-state index in [-0.39, 0.29) is 5.56 Å². The van der Waals surface area contributed by atoms with Crippen molar-refractivity contribution in [2.45, 2.75) is 11.4 Å². The minimum Gasteiger partial charge on any atom is -0.267 e. The molecular weight excluding hydrogens is 376 g/mol. The number of hydrogen-bond donors (Lipinski definition) is 0. The number of aromatic nitrogens is 2. The van der Waals surface area contributed by atoms with Gasteiger partial charge in [0, 0.05) is 10.5 Å². The van der Waals surface area contributed by atoms with Gasteiger partial charge in [-0.3, -0.25) is 9.00 Å². The Labute approximate surface area is 163 Å². The van der Waals surface area contributed by atoms with Crippen molar-refractivity contribution in [3.05, 3.63) is 88.7 Å². The molecule has 2 heterocycles. The molecule has 1 atom stereocenters. The third-order valence-corrected chi connectivity index (χ3v) is 6.46. The SMILES string of the molecule is O=c1nc(-c2cccc(S(=O)CCc3ccccc3)n2)sc2ccccc12. The number of pyridine rings is 1. The van der Waals surface area contributed by atoms with Crippen molar-refractivity contribution in [2.75, 3.05) is 5.75 Å². The zero-order chi connectivity index (χ0) is 18.6. The van der Waals surface area contributed by atoms with Gasteiger partial charge < -0.3 is 0 Å². The lowest BCUT2D eigenvalue weighted by Crippen LogP contribution is -2.07. The van der Waals surface area contributed by atoms with E-state index < -0.39 is 10.8 Å². The molecule has 4 rings (SSSR count). The van der Waals surface area contributed by atoms with E-state index in [2.05, 4.69) is 9.97 Å². The molecule has 0 amide bonds. The Morgan fingerprint density at radius 2 is 1.63 bits per heavy atom. The van der Waals surface area contributed by atoms with E-state index in [4.69, 9.17) is 0 Å². The molecule has 27 heavy (non-hydrogen) atoms. The minimum absolute atomic E-state index is 0.267. The number of aryl methyl sites for hydroxylation is 1. The van der Waals surface area contributed by atoms with Crippen LogP contribution in [0.1, 0.15) is 5.56 Å². The van der Waals surface area contributed by atoms with Gasteiger partial charge in [-0.1, -0.05) is 48.5 Å². The van der Waals surface area contributed by atoms with Gasteiger partial charge in [0.2, 0.25) is 0 Å². The lowest BCUT2D eigenvalue weighted by molar-refractivity contribution is 0.679. The zero-order valence-electron chi connectivity index (χ0n) is 14.4. The van der Waals surface area contributed by atoms with Crippen molar-refractivity contribution in [3.63, 3.8) is 0 Å². The van der Waals surface area contributed by atoms with Gasteiger partial charge in [-0.05, 0) is 36.2 Å². The predicted octanol–water partition coefficient (Wildman–Crippen LogP) is 4.07. The van der Waals surface area contributed by atoms with Gasteiger partial charge in [-0.2, -0.15) is 4.98 Å². The fourth-order valence-corrected chi connectivity index (χ4v) is 4.77. The summed E-state index contributed by atoms with van der Waals surface area (Å²) >= 11 is 1.41.